The number of fused-ring (bicyclic) bond motifs is 1. The molecule has 0 fully saturated rings. The zero-order valence-corrected chi connectivity index (χ0v) is 32.5. The lowest BCUT2D eigenvalue weighted by Crippen LogP contribution is -2.26. The number of ether oxygens (including phenoxy) is 4. The highest BCUT2D eigenvalue weighted by Gasteiger charge is 2.37. The lowest BCUT2D eigenvalue weighted by atomic mass is 9.87. The van der Waals surface area contributed by atoms with E-state index in [4.69, 9.17) is 18.9 Å². The van der Waals surface area contributed by atoms with Crippen molar-refractivity contribution >= 4 is 68.2 Å². The molecule has 0 saturated heterocycles. The molecule has 0 radical (unpaired) electrons. The minimum absolute atomic E-state index is 0.0924. The molecule has 1 aliphatic rings. The summed E-state index contributed by atoms with van der Waals surface area (Å²) in [5, 5.41) is 12.9. The number of hydrogen-bond donors (Lipinski definition) is 5. The number of nitrogens with zero attached hydrogens (tertiary/aromatic N) is 4. The molecular weight excluding hydrogens is 860 g/mol. The van der Waals surface area contributed by atoms with Crippen molar-refractivity contribution in [3.63, 3.8) is 0 Å². The highest BCUT2D eigenvalue weighted by Crippen LogP contribution is 2.42. The van der Waals surface area contributed by atoms with Gasteiger partial charge in [0.2, 0.25) is 35.3 Å². The Hall–Kier alpha value is -6.58. The number of methoxy groups -OCH3 is 3. The number of alkyl halides is 6. The molecule has 3 aromatic carbocycles. The molecule has 0 spiro atoms. The van der Waals surface area contributed by atoms with Crippen LogP contribution in [0, 0.1) is 0 Å². The number of rotatable bonds is 14. The van der Waals surface area contributed by atoms with E-state index in [1.165, 1.54) is 45.7 Å². The number of hydrogen-bond acceptors (Lipinski definition) is 13. The number of anilines is 7. The van der Waals surface area contributed by atoms with Crippen LogP contribution in [0.3, 0.4) is 0 Å². The molecule has 59 heavy (non-hydrogen) atoms. The Morgan fingerprint density at radius 1 is 0.864 bits per heavy atom. The molecule has 5 N–H and O–H groups in total. The Morgan fingerprint density at radius 2 is 1.54 bits per heavy atom. The van der Waals surface area contributed by atoms with Gasteiger partial charge in [-0.3, -0.25) is 9.59 Å². The molecule has 3 heterocycles. The molecule has 22 heteroatoms. The predicted molar refractivity (Wildman–Crippen MR) is 206 cm³/mol. The highest BCUT2D eigenvalue weighted by molar-refractivity contribution is 9.10. The summed E-state index contributed by atoms with van der Waals surface area (Å²) in [6.07, 6.45) is -8.32. The van der Waals surface area contributed by atoms with Crippen molar-refractivity contribution in [1.29, 1.82) is 0 Å². The van der Waals surface area contributed by atoms with Crippen molar-refractivity contribution in [2.24, 2.45) is 0 Å². The Balaban J connectivity index is 1.17. The van der Waals surface area contributed by atoms with Crippen molar-refractivity contribution in [3.05, 3.63) is 82.6 Å². The number of para-hydroxylation sites is 2. The summed E-state index contributed by atoms with van der Waals surface area (Å²) in [5.74, 6) is -1.41. The fourth-order valence-electron chi connectivity index (χ4n) is 5.86. The highest BCUT2D eigenvalue weighted by atomic mass is 79.9. The van der Waals surface area contributed by atoms with E-state index in [0.717, 1.165) is 0 Å². The molecule has 310 valence electrons. The van der Waals surface area contributed by atoms with Crippen molar-refractivity contribution < 1.29 is 54.9 Å². The van der Waals surface area contributed by atoms with Crippen molar-refractivity contribution in [1.82, 2.24) is 19.9 Å². The van der Waals surface area contributed by atoms with Gasteiger partial charge in [0.05, 0.1) is 37.7 Å². The van der Waals surface area contributed by atoms with E-state index in [-0.39, 0.29) is 47.7 Å². The van der Waals surface area contributed by atoms with Crippen molar-refractivity contribution in [2.75, 3.05) is 54.5 Å². The topological polar surface area (TPSA) is 183 Å². The average molecular weight is 893 g/mol. The lowest BCUT2D eigenvalue weighted by molar-refractivity contribution is -0.138. The number of aromatic nitrogens is 4. The van der Waals surface area contributed by atoms with E-state index in [0.29, 0.717) is 44.9 Å². The molecule has 1 unspecified atom stereocenters. The van der Waals surface area contributed by atoms with Gasteiger partial charge in [0, 0.05) is 54.2 Å². The molecule has 1 aliphatic heterocycles. The number of carbonyl (C=O) groups excluding carboxylic acids is 2. The van der Waals surface area contributed by atoms with E-state index in [9.17, 15) is 35.9 Å². The molecule has 6 rings (SSSR count). The fraction of sp³-hybridized carbons (Fsp3) is 0.243. The Morgan fingerprint density at radius 3 is 2.22 bits per heavy atom. The minimum Gasteiger partial charge on any atom is -0.493 e. The van der Waals surface area contributed by atoms with Crippen LogP contribution in [0.15, 0.2) is 71.5 Å². The minimum atomic E-state index is -5.03. The van der Waals surface area contributed by atoms with Gasteiger partial charge in [-0.15, -0.1) is 0 Å². The number of halogens is 7. The molecule has 15 nitrogen and oxygen atoms in total. The van der Waals surface area contributed by atoms with Crippen LogP contribution >= 0.6 is 15.9 Å². The second kappa shape index (κ2) is 17.5. The fourth-order valence-corrected chi connectivity index (χ4v) is 6.13. The lowest BCUT2D eigenvalue weighted by Gasteiger charge is -2.26. The van der Waals surface area contributed by atoms with E-state index in [1.54, 1.807) is 41.7 Å². The summed E-state index contributed by atoms with van der Waals surface area (Å²) in [5.41, 5.74) is 0.387. The van der Waals surface area contributed by atoms with E-state index < -0.39 is 48.1 Å². The maximum Gasteiger partial charge on any atom is 0.421 e. The van der Waals surface area contributed by atoms with Gasteiger partial charge in [0.15, 0.2) is 17.2 Å². The van der Waals surface area contributed by atoms with Gasteiger partial charge < -0.3 is 45.5 Å². The van der Waals surface area contributed by atoms with Gasteiger partial charge in [-0.2, -0.15) is 36.3 Å². The number of amides is 2. The van der Waals surface area contributed by atoms with Gasteiger partial charge in [-0.25, -0.2) is 9.97 Å². The summed E-state index contributed by atoms with van der Waals surface area (Å²) in [6, 6.07) is 14.4. The van der Waals surface area contributed by atoms with Crippen molar-refractivity contribution in [2.45, 2.75) is 31.1 Å². The predicted octanol–water partition coefficient (Wildman–Crippen LogP) is 8.78. The third-order valence-electron chi connectivity index (χ3n) is 8.44. The van der Waals surface area contributed by atoms with Crippen LogP contribution < -0.4 is 45.5 Å². The number of carbonyl (C=O) groups is 2. The zero-order valence-electron chi connectivity index (χ0n) is 30.9. The monoisotopic (exact) mass is 891 g/mol. The van der Waals surface area contributed by atoms with E-state index in [2.05, 4.69) is 57.1 Å². The molecule has 2 amide bonds. The van der Waals surface area contributed by atoms with Crippen molar-refractivity contribution in [3.8, 4) is 28.9 Å². The molecule has 5 aromatic rings. The molecule has 2 aromatic heterocycles. The van der Waals surface area contributed by atoms with E-state index >= 15 is 0 Å². The first-order chi connectivity index (χ1) is 28.0. The largest absolute Gasteiger partial charge is 0.493 e. The van der Waals surface area contributed by atoms with Gasteiger partial charge in [-0.05, 0) is 51.8 Å². The Bertz CT molecular complexity index is 2340. The first-order valence-corrected chi connectivity index (χ1v) is 17.9. The summed E-state index contributed by atoms with van der Waals surface area (Å²) in [7, 11) is 4.44. The van der Waals surface area contributed by atoms with Crippen LogP contribution in [0.5, 0.6) is 28.9 Å². The molecule has 1 atom stereocenters. The molecular formula is C37H32BrF6N9O6. The maximum atomic E-state index is 13.5. The van der Waals surface area contributed by atoms with Crippen LogP contribution in [-0.4, -0.2) is 65.8 Å². The van der Waals surface area contributed by atoms with Gasteiger partial charge >= 0.3 is 12.4 Å². The smallest absolute Gasteiger partial charge is 0.421 e. The Kier molecular flexibility index (Phi) is 12.5. The Labute approximate surface area is 339 Å². The summed E-state index contributed by atoms with van der Waals surface area (Å²) >= 11 is 3.39. The second-order valence-electron chi connectivity index (χ2n) is 12.5. The van der Waals surface area contributed by atoms with Gasteiger partial charge in [0.1, 0.15) is 17.9 Å². The van der Waals surface area contributed by atoms with Crippen LogP contribution in [-0.2, 0) is 15.8 Å². The zero-order chi connectivity index (χ0) is 42.5. The first-order valence-electron chi connectivity index (χ1n) is 17.2. The number of benzene rings is 3. The third kappa shape index (κ3) is 10.5. The standard InChI is InChI=1S/C37H32BrF6N9O6/c1-56-27-13-20(14-28(57-2)31(27)58-3)49-35-46-16-23(38)33(53-35)59-26-7-5-4-6-25(26)51-30(55)11-18-10-29(54)50-24-9-8-19(12-21(18)24)48-34-45-15-22(37(42,43)44)32(52-34)47-17-36(39,40)41/h4-9,12-16,18H,10-11,17H2,1-3H3,(H,50,54)(H,51,55)(H,46,49,53)(H2,45,47,48,52). The summed E-state index contributed by atoms with van der Waals surface area (Å²) < 4.78 is 102. The van der Waals surface area contributed by atoms with Crippen LogP contribution in [0.2, 0.25) is 0 Å². The average Bonchev–Trinajstić information content (AvgIpc) is 3.18. The molecule has 0 saturated carbocycles. The summed E-state index contributed by atoms with van der Waals surface area (Å²) in [4.78, 5) is 42.2. The SMILES string of the molecule is COc1cc(Nc2ncc(Br)c(Oc3ccccc3NC(=O)CC3CC(=O)Nc4ccc(Nc5ncc(C(F)(F)F)c(NCC(F)(F)F)n5)cc43)n2)cc(OC)c1OC. The van der Waals surface area contributed by atoms with Gasteiger partial charge in [-0.1, -0.05) is 12.1 Å². The molecule has 0 aliphatic carbocycles. The second-order valence-corrected chi connectivity index (χ2v) is 13.4. The van der Waals surface area contributed by atoms with E-state index in [1.807, 2.05) is 0 Å². The maximum absolute atomic E-state index is 13.5. The quantitative estimate of drug-likeness (QED) is 0.0668. The van der Waals surface area contributed by atoms with Crippen LogP contribution in [0.1, 0.15) is 29.9 Å². The number of nitrogens with one attached hydrogen (secondary N) is 5. The first kappa shape index (κ1) is 42.0. The summed E-state index contributed by atoms with van der Waals surface area (Å²) in [6.45, 7) is -1.76. The van der Waals surface area contributed by atoms with Crippen LogP contribution in [0.4, 0.5) is 66.8 Å². The molecule has 0 bridgehead atoms. The van der Waals surface area contributed by atoms with Crippen LogP contribution in [0.25, 0.3) is 0 Å². The third-order valence-corrected chi connectivity index (χ3v) is 8.98. The normalized spacial score (nSPS) is 13.7. The van der Waals surface area contributed by atoms with Gasteiger partial charge in [0.25, 0.3) is 0 Å².